The molecule has 1 aromatic carbocycles. The lowest BCUT2D eigenvalue weighted by Crippen LogP contribution is -2.18. The first-order valence-corrected chi connectivity index (χ1v) is 8.61. The highest BCUT2D eigenvalue weighted by atomic mass is 35.5. The number of nitrogens with zero attached hydrogens (tertiary/aromatic N) is 1. The number of carboxylic acids is 2. The van der Waals surface area contributed by atoms with E-state index in [4.69, 9.17) is 52.3 Å². The number of ether oxygens (including phenoxy) is 2. The molecular weight excluding hydrogens is 425 g/mol. The Hall–Kier alpha value is -3.44. The molecule has 0 bridgehead atoms. The molecule has 0 aliphatic heterocycles. The number of rotatable bonds is 7. The Bertz CT molecular complexity index is 915. The van der Waals surface area contributed by atoms with Crippen LogP contribution in [0.4, 0.5) is 4.39 Å². The van der Waals surface area contributed by atoms with Gasteiger partial charge in [-0.15, -0.1) is 0 Å². The van der Waals surface area contributed by atoms with E-state index in [0.717, 1.165) is 6.07 Å². The predicted octanol–water partition coefficient (Wildman–Crippen LogP) is 1.61. The molecule has 2 rings (SSSR count). The fourth-order valence-corrected chi connectivity index (χ4v) is 2.27. The van der Waals surface area contributed by atoms with Gasteiger partial charge in [0, 0.05) is 18.6 Å². The number of carbonyl (C=O) groups excluding carboxylic acids is 1. The number of pyridine rings is 1. The lowest BCUT2D eigenvalue weighted by atomic mass is 10.1. The van der Waals surface area contributed by atoms with Gasteiger partial charge in [-0.05, 0) is 18.7 Å². The summed E-state index contributed by atoms with van der Waals surface area (Å²) in [6, 6.07) is 7.32. The van der Waals surface area contributed by atoms with Crippen molar-refractivity contribution in [2.75, 3.05) is 13.7 Å². The number of carbonyl (C=O) groups is 3. The van der Waals surface area contributed by atoms with Gasteiger partial charge in [-0.2, -0.15) is 0 Å². The standard InChI is InChI=1S/C16H17ClFN3O3.C2H2O4/c1-23-15-4-2-3-12(21-15)13(5-6-19)24-14-8-10(17)11(18)7-9(14)16(20)22;3-1(4)2(5)6/h2-4,7-8,13H,5-6,19H2,1H3,(H2,20,22);(H,3,4)(H,5,6). The van der Waals surface area contributed by atoms with E-state index in [-0.39, 0.29) is 16.3 Å². The summed E-state index contributed by atoms with van der Waals surface area (Å²) < 4.78 is 24.5. The fourth-order valence-electron chi connectivity index (χ4n) is 2.11. The van der Waals surface area contributed by atoms with Crippen LogP contribution in [0.15, 0.2) is 30.3 Å². The SMILES string of the molecule is COc1cccc(C(CCN)Oc2cc(Cl)c(F)cc2C(N)=O)n1.O=C(O)C(=O)O. The summed E-state index contributed by atoms with van der Waals surface area (Å²) in [5.74, 6) is -4.76. The minimum Gasteiger partial charge on any atom is -0.483 e. The van der Waals surface area contributed by atoms with Gasteiger partial charge in [0.2, 0.25) is 5.88 Å². The number of primary amides is 1. The molecule has 10 nitrogen and oxygen atoms in total. The quantitative estimate of drug-likeness (QED) is 0.463. The second-order valence-corrected chi connectivity index (χ2v) is 5.93. The van der Waals surface area contributed by atoms with E-state index in [1.54, 1.807) is 18.2 Å². The summed E-state index contributed by atoms with van der Waals surface area (Å²) in [7, 11) is 1.50. The molecule has 12 heteroatoms. The summed E-state index contributed by atoms with van der Waals surface area (Å²) in [5.41, 5.74) is 11.3. The lowest BCUT2D eigenvalue weighted by molar-refractivity contribution is -0.159. The first-order chi connectivity index (χ1) is 14.1. The molecule has 0 aliphatic carbocycles. The van der Waals surface area contributed by atoms with Gasteiger partial charge in [0.25, 0.3) is 5.91 Å². The summed E-state index contributed by atoms with van der Waals surface area (Å²) in [5, 5.41) is 14.6. The van der Waals surface area contributed by atoms with Crippen LogP contribution in [-0.4, -0.2) is 46.7 Å². The van der Waals surface area contributed by atoms with E-state index < -0.39 is 29.8 Å². The van der Waals surface area contributed by atoms with Crippen molar-refractivity contribution in [3.05, 3.63) is 52.4 Å². The van der Waals surface area contributed by atoms with Gasteiger partial charge in [-0.1, -0.05) is 17.7 Å². The van der Waals surface area contributed by atoms with E-state index in [1.807, 2.05) is 0 Å². The maximum Gasteiger partial charge on any atom is 0.414 e. The van der Waals surface area contributed by atoms with Gasteiger partial charge in [0.15, 0.2) is 0 Å². The molecule has 162 valence electrons. The maximum absolute atomic E-state index is 13.6. The van der Waals surface area contributed by atoms with Crippen molar-refractivity contribution in [2.24, 2.45) is 11.5 Å². The number of aromatic nitrogens is 1. The van der Waals surface area contributed by atoms with Crippen LogP contribution in [0.5, 0.6) is 11.6 Å². The predicted molar refractivity (Wildman–Crippen MR) is 103 cm³/mol. The Kier molecular flexibility index (Phi) is 9.46. The molecule has 1 amide bonds. The molecule has 6 N–H and O–H groups in total. The fraction of sp³-hybridized carbons (Fsp3) is 0.222. The molecule has 0 saturated heterocycles. The molecule has 0 spiro atoms. The highest BCUT2D eigenvalue weighted by Crippen LogP contribution is 2.31. The molecule has 0 aliphatic rings. The van der Waals surface area contributed by atoms with E-state index >= 15 is 0 Å². The molecule has 1 heterocycles. The second kappa shape index (κ2) is 11.5. The van der Waals surface area contributed by atoms with Crippen molar-refractivity contribution in [3.8, 4) is 11.6 Å². The summed E-state index contributed by atoms with van der Waals surface area (Å²) in [6.07, 6.45) is -0.169. The molecular formula is C18H19ClFN3O7. The zero-order chi connectivity index (χ0) is 22.8. The third kappa shape index (κ3) is 7.18. The topological polar surface area (TPSA) is 175 Å². The van der Waals surface area contributed by atoms with Gasteiger partial charge < -0.3 is 31.2 Å². The van der Waals surface area contributed by atoms with Crippen LogP contribution >= 0.6 is 11.6 Å². The average Bonchev–Trinajstić information content (AvgIpc) is 2.70. The van der Waals surface area contributed by atoms with Crippen molar-refractivity contribution in [2.45, 2.75) is 12.5 Å². The number of aliphatic carboxylic acids is 2. The zero-order valence-corrected chi connectivity index (χ0v) is 16.4. The molecule has 1 aromatic heterocycles. The number of benzene rings is 1. The minimum absolute atomic E-state index is 0.0666. The monoisotopic (exact) mass is 443 g/mol. The number of methoxy groups -OCH3 is 1. The van der Waals surface area contributed by atoms with Gasteiger partial charge in [-0.3, -0.25) is 4.79 Å². The average molecular weight is 444 g/mol. The van der Waals surface area contributed by atoms with Crippen LogP contribution in [0.2, 0.25) is 5.02 Å². The molecule has 1 unspecified atom stereocenters. The number of hydrogen-bond donors (Lipinski definition) is 4. The van der Waals surface area contributed by atoms with E-state index in [0.29, 0.717) is 24.5 Å². The van der Waals surface area contributed by atoms with E-state index in [9.17, 15) is 9.18 Å². The summed E-state index contributed by atoms with van der Waals surface area (Å²) in [4.78, 5) is 34.0. The van der Waals surface area contributed by atoms with Crippen LogP contribution in [0, 0.1) is 5.82 Å². The largest absolute Gasteiger partial charge is 0.483 e. The molecule has 1 atom stereocenters. The van der Waals surface area contributed by atoms with Gasteiger partial charge in [0.1, 0.15) is 17.7 Å². The minimum atomic E-state index is -1.82. The molecule has 0 saturated carbocycles. The van der Waals surface area contributed by atoms with Crippen LogP contribution in [0.25, 0.3) is 0 Å². The van der Waals surface area contributed by atoms with Crippen LogP contribution in [-0.2, 0) is 9.59 Å². The van der Waals surface area contributed by atoms with Crippen LogP contribution in [0.3, 0.4) is 0 Å². The molecule has 0 fully saturated rings. The second-order valence-electron chi connectivity index (χ2n) is 5.53. The Morgan fingerprint density at radius 2 is 1.87 bits per heavy atom. The first-order valence-electron chi connectivity index (χ1n) is 8.23. The van der Waals surface area contributed by atoms with Gasteiger partial charge in [0.05, 0.1) is 23.4 Å². The highest BCUT2D eigenvalue weighted by molar-refractivity contribution is 6.31. The highest BCUT2D eigenvalue weighted by Gasteiger charge is 2.20. The molecule has 0 radical (unpaired) electrons. The van der Waals surface area contributed by atoms with Crippen LogP contribution in [0.1, 0.15) is 28.6 Å². The summed E-state index contributed by atoms with van der Waals surface area (Å²) >= 11 is 5.78. The Balaban J connectivity index is 0.000000656. The molecule has 30 heavy (non-hydrogen) atoms. The number of halogens is 2. The maximum atomic E-state index is 13.6. The molecule has 2 aromatic rings. The number of carboxylic acid groups (broad SMARTS) is 2. The Morgan fingerprint density at radius 1 is 1.23 bits per heavy atom. The van der Waals surface area contributed by atoms with Crippen molar-refractivity contribution >= 4 is 29.4 Å². The van der Waals surface area contributed by atoms with E-state index in [2.05, 4.69) is 4.98 Å². The van der Waals surface area contributed by atoms with Crippen molar-refractivity contribution < 1.29 is 38.5 Å². The number of nitrogens with two attached hydrogens (primary N) is 2. The number of hydrogen-bond acceptors (Lipinski definition) is 7. The van der Waals surface area contributed by atoms with Crippen molar-refractivity contribution in [3.63, 3.8) is 0 Å². The normalized spacial score (nSPS) is 10.9. The van der Waals surface area contributed by atoms with Crippen molar-refractivity contribution in [1.29, 1.82) is 0 Å². The van der Waals surface area contributed by atoms with E-state index in [1.165, 1.54) is 13.2 Å². The van der Waals surface area contributed by atoms with Crippen molar-refractivity contribution in [1.82, 2.24) is 4.98 Å². The van der Waals surface area contributed by atoms with Crippen LogP contribution < -0.4 is 20.9 Å². The van der Waals surface area contributed by atoms with Gasteiger partial charge in [-0.25, -0.2) is 19.0 Å². The summed E-state index contributed by atoms with van der Waals surface area (Å²) in [6.45, 7) is 0.310. The Morgan fingerprint density at radius 3 is 2.37 bits per heavy atom. The van der Waals surface area contributed by atoms with Gasteiger partial charge >= 0.3 is 11.9 Å². The first kappa shape index (κ1) is 24.6. The smallest absolute Gasteiger partial charge is 0.414 e. The zero-order valence-electron chi connectivity index (χ0n) is 15.7. The number of amides is 1. The Labute approximate surface area is 175 Å². The lowest BCUT2D eigenvalue weighted by Gasteiger charge is -2.20. The third-order valence-corrected chi connectivity index (χ3v) is 3.74. The third-order valence-electron chi connectivity index (χ3n) is 3.45.